The van der Waals surface area contributed by atoms with Crippen molar-refractivity contribution in [1.82, 2.24) is 10.1 Å². The summed E-state index contributed by atoms with van der Waals surface area (Å²) in [7, 11) is 0. The van der Waals surface area contributed by atoms with Crippen molar-refractivity contribution >= 4 is 21.8 Å². The standard InChI is InChI=1S/C9H6N2O/c1-2-8-7(5-12-11-8)9-6(1)3-4-10-9/h1-5,10H. The Morgan fingerprint density at radius 2 is 2.25 bits per heavy atom. The number of H-pyrrole nitrogens is 1. The number of benzene rings is 1. The Morgan fingerprint density at radius 3 is 3.25 bits per heavy atom. The minimum absolute atomic E-state index is 0.893. The number of hydrogen-bond donors (Lipinski definition) is 1. The minimum Gasteiger partial charge on any atom is -0.363 e. The van der Waals surface area contributed by atoms with Gasteiger partial charge in [0.1, 0.15) is 11.8 Å². The highest BCUT2D eigenvalue weighted by molar-refractivity contribution is 6.03. The van der Waals surface area contributed by atoms with E-state index in [1.165, 1.54) is 5.39 Å². The van der Waals surface area contributed by atoms with E-state index in [2.05, 4.69) is 10.1 Å². The molecule has 3 nitrogen and oxygen atoms in total. The summed E-state index contributed by atoms with van der Waals surface area (Å²) >= 11 is 0. The van der Waals surface area contributed by atoms with Crippen LogP contribution in [-0.2, 0) is 0 Å². The Labute approximate surface area is 68.0 Å². The van der Waals surface area contributed by atoms with E-state index in [4.69, 9.17) is 4.52 Å². The number of fused-ring (bicyclic) bond motifs is 3. The van der Waals surface area contributed by atoms with Gasteiger partial charge in [0.15, 0.2) is 0 Å². The molecule has 3 aromatic rings. The predicted octanol–water partition coefficient (Wildman–Crippen LogP) is 2.31. The van der Waals surface area contributed by atoms with E-state index < -0.39 is 0 Å². The fraction of sp³-hybridized carbons (Fsp3) is 0. The van der Waals surface area contributed by atoms with E-state index in [9.17, 15) is 0 Å². The molecule has 0 bridgehead atoms. The van der Waals surface area contributed by atoms with Crippen molar-refractivity contribution in [3.63, 3.8) is 0 Å². The van der Waals surface area contributed by atoms with Crippen LogP contribution >= 0.6 is 0 Å². The molecule has 0 radical (unpaired) electrons. The van der Waals surface area contributed by atoms with E-state index in [1.807, 2.05) is 24.4 Å². The number of nitrogens with zero attached hydrogens (tertiary/aromatic N) is 1. The Balaban J connectivity index is 2.71. The number of aromatic nitrogens is 2. The molecule has 0 saturated carbocycles. The van der Waals surface area contributed by atoms with E-state index in [1.54, 1.807) is 6.26 Å². The van der Waals surface area contributed by atoms with Gasteiger partial charge in [-0.1, -0.05) is 11.2 Å². The first-order chi connectivity index (χ1) is 5.95. The molecule has 0 aliphatic carbocycles. The summed E-state index contributed by atoms with van der Waals surface area (Å²) in [6.07, 6.45) is 3.57. The van der Waals surface area contributed by atoms with E-state index in [0.29, 0.717) is 0 Å². The summed E-state index contributed by atoms with van der Waals surface area (Å²) in [5, 5.41) is 6.08. The lowest BCUT2D eigenvalue weighted by atomic mass is 10.2. The second-order valence-electron chi connectivity index (χ2n) is 2.75. The third kappa shape index (κ3) is 0.580. The Morgan fingerprint density at radius 1 is 1.25 bits per heavy atom. The average Bonchev–Trinajstić information content (AvgIpc) is 2.71. The van der Waals surface area contributed by atoms with Crippen LogP contribution in [0.2, 0.25) is 0 Å². The molecule has 3 rings (SSSR count). The molecule has 12 heavy (non-hydrogen) atoms. The van der Waals surface area contributed by atoms with Crippen LogP contribution in [0.1, 0.15) is 0 Å². The second-order valence-corrected chi connectivity index (χ2v) is 2.75. The molecule has 3 heteroatoms. The van der Waals surface area contributed by atoms with E-state index >= 15 is 0 Å². The molecule has 2 heterocycles. The van der Waals surface area contributed by atoms with Gasteiger partial charge in [-0.05, 0) is 12.1 Å². The monoisotopic (exact) mass is 158 g/mol. The first-order valence-electron chi connectivity index (χ1n) is 3.75. The van der Waals surface area contributed by atoms with Crippen molar-refractivity contribution in [3.05, 3.63) is 30.7 Å². The highest BCUT2D eigenvalue weighted by Gasteiger charge is 2.02. The van der Waals surface area contributed by atoms with Gasteiger partial charge in [0.2, 0.25) is 0 Å². The SMILES string of the molecule is c1cc2ccc3nocc3c2[nH]1. The highest BCUT2D eigenvalue weighted by Crippen LogP contribution is 2.22. The molecule has 0 fully saturated rings. The van der Waals surface area contributed by atoms with Crippen molar-refractivity contribution < 1.29 is 4.52 Å². The van der Waals surface area contributed by atoms with Gasteiger partial charge in [-0.15, -0.1) is 0 Å². The van der Waals surface area contributed by atoms with Gasteiger partial charge in [-0.3, -0.25) is 0 Å². The Kier molecular flexibility index (Phi) is 0.913. The Bertz CT molecular complexity index is 486. The minimum atomic E-state index is 0.893. The van der Waals surface area contributed by atoms with Crippen LogP contribution in [0.4, 0.5) is 0 Å². The number of hydrogen-bond acceptors (Lipinski definition) is 2. The average molecular weight is 158 g/mol. The third-order valence-corrected chi connectivity index (χ3v) is 2.07. The smallest absolute Gasteiger partial charge is 0.133 e. The summed E-state index contributed by atoms with van der Waals surface area (Å²) in [6.45, 7) is 0. The number of aromatic amines is 1. The molecule has 0 unspecified atom stereocenters. The van der Waals surface area contributed by atoms with Crippen LogP contribution in [0.25, 0.3) is 21.8 Å². The molecular formula is C9H6N2O. The quantitative estimate of drug-likeness (QED) is 0.545. The molecule has 1 aromatic carbocycles. The van der Waals surface area contributed by atoms with Crippen LogP contribution in [-0.4, -0.2) is 10.1 Å². The van der Waals surface area contributed by atoms with E-state index in [-0.39, 0.29) is 0 Å². The molecule has 0 amide bonds. The number of nitrogens with one attached hydrogen (secondary N) is 1. The zero-order valence-electron chi connectivity index (χ0n) is 6.24. The molecule has 0 spiro atoms. The fourth-order valence-electron chi connectivity index (χ4n) is 1.47. The molecule has 0 saturated heterocycles. The third-order valence-electron chi connectivity index (χ3n) is 2.07. The summed E-state index contributed by atoms with van der Waals surface area (Å²) in [6, 6.07) is 6.01. The largest absolute Gasteiger partial charge is 0.363 e. The molecule has 2 aromatic heterocycles. The maximum absolute atomic E-state index is 4.87. The van der Waals surface area contributed by atoms with Crippen molar-refractivity contribution in [2.45, 2.75) is 0 Å². The molecule has 0 aliphatic rings. The maximum atomic E-state index is 4.87. The van der Waals surface area contributed by atoms with E-state index in [0.717, 1.165) is 16.4 Å². The second kappa shape index (κ2) is 1.88. The van der Waals surface area contributed by atoms with Gasteiger partial charge in [0, 0.05) is 11.6 Å². The molecule has 0 atom stereocenters. The van der Waals surface area contributed by atoms with Crippen molar-refractivity contribution in [3.8, 4) is 0 Å². The zero-order chi connectivity index (χ0) is 7.97. The molecule has 1 N–H and O–H groups in total. The number of rotatable bonds is 0. The van der Waals surface area contributed by atoms with Gasteiger partial charge in [0.25, 0.3) is 0 Å². The van der Waals surface area contributed by atoms with Crippen molar-refractivity contribution in [1.29, 1.82) is 0 Å². The predicted molar refractivity (Wildman–Crippen MR) is 45.9 cm³/mol. The van der Waals surface area contributed by atoms with Crippen LogP contribution in [0, 0.1) is 0 Å². The van der Waals surface area contributed by atoms with Crippen LogP contribution in [0.5, 0.6) is 0 Å². The van der Waals surface area contributed by atoms with Gasteiger partial charge < -0.3 is 9.51 Å². The first-order valence-corrected chi connectivity index (χ1v) is 3.75. The van der Waals surface area contributed by atoms with Crippen molar-refractivity contribution in [2.24, 2.45) is 0 Å². The lowest BCUT2D eigenvalue weighted by Gasteiger charge is -1.88. The lowest BCUT2D eigenvalue weighted by molar-refractivity contribution is 0.428. The van der Waals surface area contributed by atoms with Crippen LogP contribution < -0.4 is 0 Å². The van der Waals surface area contributed by atoms with Gasteiger partial charge >= 0.3 is 0 Å². The summed E-state index contributed by atoms with van der Waals surface area (Å²) in [5.41, 5.74) is 1.98. The summed E-state index contributed by atoms with van der Waals surface area (Å²) in [4.78, 5) is 3.15. The molecular weight excluding hydrogens is 152 g/mol. The Hall–Kier alpha value is -1.77. The normalized spacial score (nSPS) is 11.3. The highest BCUT2D eigenvalue weighted by atomic mass is 16.5. The molecule has 58 valence electrons. The first kappa shape index (κ1) is 5.83. The van der Waals surface area contributed by atoms with Gasteiger partial charge in [0.05, 0.1) is 10.9 Å². The van der Waals surface area contributed by atoms with Crippen molar-refractivity contribution in [2.75, 3.05) is 0 Å². The van der Waals surface area contributed by atoms with Crippen LogP contribution in [0.15, 0.2) is 35.2 Å². The summed E-state index contributed by atoms with van der Waals surface area (Å²) < 4.78 is 4.87. The fourth-order valence-corrected chi connectivity index (χ4v) is 1.47. The lowest BCUT2D eigenvalue weighted by Crippen LogP contribution is -1.69. The van der Waals surface area contributed by atoms with Gasteiger partial charge in [-0.2, -0.15) is 0 Å². The van der Waals surface area contributed by atoms with Gasteiger partial charge in [-0.25, -0.2) is 0 Å². The van der Waals surface area contributed by atoms with Crippen LogP contribution in [0.3, 0.4) is 0 Å². The summed E-state index contributed by atoms with van der Waals surface area (Å²) in [5.74, 6) is 0. The maximum Gasteiger partial charge on any atom is 0.133 e. The topological polar surface area (TPSA) is 41.8 Å². The molecule has 0 aliphatic heterocycles. The zero-order valence-corrected chi connectivity index (χ0v) is 6.24.